The van der Waals surface area contributed by atoms with Gasteiger partial charge in [-0.05, 0) is 26.9 Å². The Bertz CT molecular complexity index is 665. The molecule has 23 heavy (non-hydrogen) atoms. The van der Waals surface area contributed by atoms with Gasteiger partial charge in [-0.2, -0.15) is 0 Å². The van der Waals surface area contributed by atoms with Crippen molar-refractivity contribution in [3.05, 3.63) is 36.2 Å². The summed E-state index contributed by atoms with van der Waals surface area (Å²) in [7, 11) is 3.99. The van der Waals surface area contributed by atoms with E-state index in [-0.39, 0.29) is 11.8 Å². The number of carbonyl (C=O) groups excluding carboxylic acids is 1. The number of rotatable bonds is 5. The minimum absolute atomic E-state index is 0.0554. The lowest BCUT2D eigenvalue weighted by atomic mass is 9.97. The van der Waals surface area contributed by atoms with Gasteiger partial charge in [0.25, 0.3) is 0 Å². The Balaban J connectivity index is 1.78. The molecule has 1 aliphatic rings. The fourth-order valence-corrected chi connectivity index (χ4v) is 2.95. The van der Waals surface area contributed by atoms with Crippen LogP contribution in [0.4, 0.5) is 0 Å². The van der Waals surface area contributed by atoms with Crippen LogP contribution in [0, 0.1) is 0 Å². The van der Waals surface area contributed by atoms with Gasteiger partial charge >= 0.3 is 0 Å². The second kappa shape index (κ2) is 6.91. The maximum absolute atomic E-state index is 12.5. The minimum Gasteiger partial charge on any atom is -0.354 e. The van der Waals surface area contributed by atoms with E-state index in [1.165, 1.54) is 0 Å². The first-order valence-electron chi connectivity index (χ1n) is 8.08. The Hall–Kier alpha value is -2.21. The van der Waals surface area contributed by atoms with Gasteiger partial charge in [-0.15, -0.1) is 10.2 Å². The number of nitrogens with zero attached hydrogens (tertiary/aromatic N) is 4. The van der Waals surface area contributed by atoms with Crippen molar-refractivity contribution in [2.75, 3.05) is 27.2 Å². The van der Waals surface area contributed by atoms with Crippen LogP contribution in [-0.2, 0) is 11.3 Å². The van der Waals surface area contributed by atoms with Gasteiger partial charge in [0.2, 0.25) is 5.91 Å². The summed E-state index contributed by atoms with van der Waals surface area (Å²) >= 11 is 0. The first kappa shape index (κ1) is 15.7. The summed E-state index contributed by atoms with van der Waals surface area (Å²) in [6, 6.07) is 10.0. The Morgan fingerprint density at radius 2 is 2.09 bits per heavy atom. The van der Waals surface area contributed by atoms with E-state index in [4.69, 9.17) is 0 Å². The predicted molar refractivity (Wildman–Crippen MR) is 89.0 cm³/mol. The molecule has 122 valence electrons. The predicted octanol–water partition coefficient (Wildman–Crippen LogP) is 1.50. The normalized spacial score (nSPS) is 17.1. The molecule has 6 heteroatoms. The average molecular weight is 313 g/mol. The fraction of sp³-hybridized carbons (Fsp3) is 0.471. The topological polar surface area (TPSA) is 63.1 Å². The zero-order valence-electron chi connectivity index (χ0n) is 13.7. The number of amides is 1. The maximum atomic E-state index is 12.5. The summed E-state index contributed by atoms with van der Waals surface area (Å²) in [4.78, 5) is 14.5. The van der Waals surface area contributed by atoms with Crippen LogP contribution in [0.1, 0.15) is 24.6 Å². The van der Waals surface area contributed by atoms with Crippen molar-refractivity contribution in [3.63, 3.8) is 0 Å². The molecule has 2 heterocycles. The third-order valence-electron chi connectivity index (χ3n) is 4.17. The molecule has 6 nitrogen and oxygen atoms in total. The highest BCUT2D eigenvalue weighted by atomic mass is 16.1. The van der Waals surface area contributed by atoms with Gasteiger partial charge in [0.1, 0.15) is 5.82 Å². The average Bonchev–Trinajstić information content (AvgIpc) is 2.99. The van der Waals surface area contributed by atoms with Crippen LogP contribution in [0.25, 0.3) is 11.4 Å². The number of hydrogen-bond acceptors (Lipinski definition) is 4. The molecule has 1 aromatic carbocycles. The van der Waals surface area contributed by atoms with Gasteiger partial charge in [0.05, 0.1) is 5.92 Å². The van der Waals surface area contributed by atoms with Crippen molar-refractivity contribution >= 4 is 5.91 Å². The molecule has 1 N–H and O–H groups in total. The van der Waals surface area contributed by atoms with E-state index in [0.717, 1.165) is 43.1 Å². The molecule has 1 atom stereocenters. The number of nitrogens with one attached hydrogen (secondary N) is 1. The number of fused-ring (bicyclic) bond motifs is 1. The van der Waals surface area contributed by atoms with Crippen LogP contribution in [0.3, 0.4) is 0 Å². The highest BCUT2D eigenvalue weighted by molar-refractivity contribution is 5.83. The van der Waals surface area contributed by atoms with E-state index in [9.17, 15) is 4.79 Å². The Labute approximate surface area is 136 Å². The van der Waals surface area contributed by atoms with Gasteiger partial charge in [0.15, 0.2) is 5.82 Å². The number of benzene rings is 1. The molecule has 0 spiro atoms. The number of hydrogen-bond donors (Lipinski definition) is 1. The summed E-state index contributed by atoms with van der Waals surface area (Å²) in [6.07, 6.45) is 1.80. The Morgan fingerprint density at radius 1 is 1.30 bits per heavy atom. The monoisotopic (exact) mass is 313 g/mol. The lowest BCUT2D eigenvalue weighted by Gasteiger charge is -2.23. The first-order valence-corrected chi connectivity index (χ1v) is 8.08. The smallest absolute Gasteiger partial charge is 0.230 e. The summed E-state index contributed by atoms with van der Waals surface area (Å²) < 4.78 is 2.09. The summed E-state index contributed by atoms with van der Waals surface area (Å²) in [5.41, 5.74) is 1.04. The highest BCUT2D eigenvalue weighted by Crippen LogP contribution is 2.30. The van der Waals surface area contributed by atoms with Crippen LogP contribution in [-0.4, -0.2) is 52.8 Å². The second-order valence-electron chi connectivity index (χ2n) is 6.19. The molecule has 1 aromatic heterocycles. The van der Waals surface area contributed by atoms with Crippen molar-refractivity contribution in [1.29, 1.82) is 0 Å². The van der Waals surface area contributed by atoms with Crippen molar-refractivity contribution in [3.8, 4) is 11.4 Å². The lowest BCUT2D eigenvalue weighted by Crippen LogP contribution is -2.36. The highest BCUT2D eigenvalue weighted by Gasteiger charge is 2.30. The van der Waals surface area contributed by atoms with Crippen LogP contribution in [0.2, 0.25) is 0 Å². The summed E-state index contributed by atoms with van der Waals surface area (Å²) in [5.74, 6) is 1.50. The molecule has 1 amide bonds. The van der Waals surface area contributed by atoms with Crippen molar-refractivity contribution in [1.82, 2.24) is 25.0 Å². The van der Waals surface area contributed by atoms with Crippen LogP contribution >= 0.6 is 0 Å². The Morgan fingerprint density at radius 3 is 2.83 bits per heavy atom. The van der Waals surface area contributed by atoms with Crippen molar-refractivity contribution in [2.45, 2.75) is 25.3 Å². The Kier molecular flexibility index (Phi) is 4.71. The third kappa shape index (κ3) is 3.42. The molecular formula is C17H23N5O. The zero-order valence-corrected chi connectivity index (χ0v) is 13.7. The van der Waals surface area contributed by atoms with E-state index in [0.29, 0.717) is 6.54 Å². The molecule has 0 radical (unpaired) electrons. The van der Waals surface area contributed by atoms with E-state index in [2.05, 4.69) is 25.0 Å². The minimum atomic E-state index is -0.198. The van der Waals surface area contributed by atoms with Crippen molar-refractivity contribution in [2.24, 2.45) is 0 Å². The van der Waals surface area contributed by atoms with E-state index >= 15 is 0 Å². The summed E-state index contributed by atoms with van der Waals surface area (Å²) in [5, 5.41) is 11.7. The SMILES string of the molecule is CN(C)CCNC(=O)C1CCCn2c(-c3ccccc3)nnc21. The number of likely N-dealkylation sites (N-methyl/N-ethyl adjacent to an activating group) is 1. The van der Waals surface area contributed by atoms with Crippen LogP contribution in [0.5, 0.6) is 0 Å². The molecular weight excluding hydrogens is 290 g/mol. The molecule has 2 aromatic rings. The lowest BCUT2D eigenvalue weighted by molar-refractivity contribution is -0.123. The van der Waals surface area contributed by atoms with E-state index in [1.54, 1.807) is 0 Å². The molecule has 0 aliphatic carbocycles. The van der Waals surface area contributed by atoms with Gasteiger partial charge < -0.3 is 14.8 Å². The van der Waals surface area contributed by atoms with E-state index in [1.807, 2.05) is 44.4 Å². The van der Waals surface area contributed by atoms with Crippen LogP contribution in [0.15, 0.2) is 30.3 Å². The molecule has 0 saturated carbocycles. The molecule has 0 fully saturated rings. The first-order chi connectivity index (χ1) is 11.2. The fourth-order valence-electron chi connectivity index (χ4n) is 2.95. The van der Waals surface area contributed by atoms with Crippen LogP contribution < -0.4 is 5.32 Å². The zero-order chi connectivity index (χ0) is 16.2. The molecule has 3 rings (SSSR count). The summed E-state index contributed by atoms with van der Waals surface area (Å²) in [6.45, 7) is 2.36. The van der Waals surface area contributed by atoms with Crippen molar-refractivity contribution < 1.29 is 4.79 Å². The molecule has 0 bridgehead atoms. The maximum Gasteiger partial charge on any atom is 0.230 e. The molecule has 1 unspecified atom stereocenters. The van der Waals surface area contributed by atoms with E-state index < -0.39 is 0 Å². The van der Waals surface area contributed by atoms with Gasteiger partial charge in [-0.3, -0.25) is 4.79 Å². The molecule has 1 aliphatic heterocycles. The molecule has 0 saturated heterocycles. The number of aromatic nitrogens is 3. The standard InChI is InChI=1S/C17H23N5O/c1-21(2)12-10-18-17(23)14-9-6-11-22-15(19-20-16(14)22)13-7-4-3-5-8-13/h3-5,7-8,14H,6,9-12H2,1-2H3,(H,18,23). The third-order valence-corrected chi connectivity index (χ3v) is 4.17. The number of carbonyl (C=O) groups is 1. The van der Waals surface area contributed by atoms with Gasteiger partial charge in [-0.1, -0.05) is 30.3 Å². The van der Waals surface area contributed by atoms with Gasteiger partial charge in [0, 0.05) is 25.2 Å². The second-order valence-corrected chi connectivity index (χ2v) is 6.19. The quantitative estimate of drug-likeness (QED) is 0.908. The largest absolute Gasteiger partial charge is 0.354 e. The van der Waals surface area contributed by atoms with Gasteiger partial charge in [-0.25, -0.2) is 0 Å².